The van der Waals surface area contributed by atoms with E-state index in [1.54, 1.807) is 0 Å². The Hall–Kier alpha value is -6.07. The number of rotatable bonds is 8. The second kappa shape index (κ2) is 13.4. The van der Waals surface area contributed by atoms with E-state index in [0.717, 1.165) is 6.42 Å². The van der Waals surface area contributed by atoms with E-state index >= 15 is 0 Å². The van der Waals surface area contributed by atoms with Crippen molar-refractivity contribution in [3.8, 4) is 0 Å². The van der Waals surface area contributed by atoms with Crippen LogP contribution < -0.4 is 36.3 Å². The van der Waals surface area contributed by atoms with Crippen LogP contribution in [0.25, 0.3) is 16.3 Å². The minimum Gasteiger partial charge on any atom is -0.0781 e. The average molecular weight is 721 g/mol. The van der Waals surface area contributed by atoms with Crippen LogP contribution in [0.3, 0.4) is 0 Å². The Kier molecular flexibility index (Phi) is 8.09. The molecule has 2 aliphatic rings. The maximum absolute atomic E-state index is 2.75. The molecule has 8 aromatic rings. The van der Waals surface area contributed by atoms with Crippen LogP contribution >= 0.6 is 0 Å². The van der Waals surface area contributed by atoms with E-state index in [1.807, 2.05) is 0 Å². The molecule has 0 aromatic heterocycles. The Morgan fingerprint density at radius 3 is 1.26 bits per heavy atom. The van der Waals surface area contributed by atoms with E-state index in [9.17, 15) is 0 Å². The minimum absolute atomic E-state index is 0.190. The van der Waals surface area contributed by atoms with E-state index in [1.165, 1.54) is 69.3 Å². The molecular weight excluding hydrogens is 681 g/mol. The van der Waals surface area contributed by atoms with Crippen molar-refractivity contribution in [1.29, 1.82) is 0 Å². The summed E-state index contributed by atoms with van der Waals surface area (Å²) in [5.74, 6) is 0. The third-order valence-corrected chi connectivity index (χ3v) is 22.2. The molecule has 0 saturated carbocycles. The average Bonchev–Trinajstić information content (AvgIpc) is 3.26. The molecule has 0 fully saturated rings. The van der Waals surface area contributed by atoms with Crippen LogP contribution in [0.2, 0.25) is 0 Å². The lowest BCUT2D eigenvalue weighted by Gasteiger charge is -2.43. The summed E-state index contributed by atoms with van der Waals surface area (Å²) in [6.07, 6.45) is 8.46. The minimum atomic E-state index is -2.75. The maximum Gasteiger partial charge on any atom is 0.179 e. The fourth-order valence-electron chi connectivity index (χ4n) is 9.96. The van der Waals surface area contributed by atoms with Gasteiger partial charge in [-0.05, 0) is 75.8 Å². The zero-order chi connectivity index (χ0) is 36.0. The second-order valence-electron chi connectivity index (χ2n) is 14.7. The molecule has 0 saturated heterocycles. The molecule has 1 unspecified atom stereocenters. The summed E-state index contributed by atoms with van der Waals surface area (Å²) in [6.45, 7) is 0. The molecule has 54 heavy (non-hydrogen) atoms. The Labute approximate surface area is 320 Å². The van der Waals surface area contributed by atoms with Crippen LogP contribution in [0.5, 0.6) is 0 Å². The predicted molar refractivity (Wildman–Crippen MR) is 235 cm³/mol. The molecule has 0 radical (unpaired) electrons. The van der Waals surface area contributed by atoms with Crippen molar-refractivity contribution in [3.63, 3.8) is 0 Å². The largest absolute Gasteiger partial charge is 0.179 e. The van der Waals surface area contributed by atoms with E-state index in [-0.39, 0.29) is 5.54 Å². The summed E-state index contributed by atoms with van der Waals surface area (Å²) < 4.78 is 0. The molecule has 1 atom stereocenters. The molecule has 2 heteroatoms. The van der Waals surface area contributed by atoms with E-state index in [4.69, 9.17) is 0 Å². The molecule has 0 spiro atoms. The van der Waals surface area contributed by atoms with Crippen LogP contribution in [-0.2, 0) is 6.42 Å². The van der Waals surface area contributed by atoms with Crippen molar-refractivity contribution < 1.29 is 0 Å². The number of benzene rings is 8. The SMILES string of the molecule is C1=CC([Si](c2ccccc2)(c2ccccc2)c2ccccc2)c2ccc3ccc([Si](c4ccccc4)(c4ccccc4)c4ccccc4)c4c3c2C1=CC4. The van der Waals surface area contributed by atoms with Gasteiger partial charge in [-0.15, -0.1) is 0 Å². The number of allylic oxidation sites excluding steroid dienone is 4. The highest BCUT2D eigenvalue weighted by molar-refractivity contribution is 7.20. The third-order valence-electron chi connectivity index (χ3n) is 12.1. The first-order valence-electron chi connectivity index (χ1n) is 19.1. The van der Waals surface area contributed by atoms with Gasteiger partial charge in [0.2, 0.25) is 0 Å². The van der Waals surface area contributed by atoms with Gasteiger partial charge in [-0.25, -0.2) is 0 Å². The van der Waals surface area contributed by atoms with Gasteiger partial charge in [0.15, 0.2) is 16.1 Å². The maximum atomic E-state index is 2.56. The third kappa shape index (κ3) is 4.87. The Balaban J connectivity index is 1.31. The van der Waals surface area contributed by atoms with Crippen molar-refractivity contribution in [2.75, 3.05) is 0 Å². The van der Waals surface area contributed by atoms with Gasteiger partial charge in [-0.2, -0.15) is 0 Å². The van der Waals surface area contributed by atoms with Crippen molar-refractivity contribution in [1.82, 2.24) is 0 Å². The zero-order valence-electron chi connectivity index (χ0n) is 30.1. The molecule has 10 rings (SSSR count). The van der Waals surface area contributed by atoms with Crippen molar-refractivity contribution in [2.24, 2.45) is 0 Å². The second-order valence-corrected chi connectivity index (χ2v) is 22.4. The lowest BCUT2D eigenvalue weighted by atomic mass is 9.81. The first kappa shape index (κ1) is 32.6. The summed E-state index contributed by atoms with van der Waals surface area (Å²) in [6, 6.07) is 78.2. The van der Waals surface area contributed by atoms with Crippen LogP contribution in [0.15, 0.2) is 224 Å². The van der Waals surface area contributed by atoms with Crippen LogP contribution in [0.1, 0.15) is 22.2 Å². The summed E-state index contributed by atoms with van der Waals surface area (Å²) >= 11 is 0. The van der Waals surface area contributed by atoms with Gasteiger partial charge in [-0.3, -0.25) is 0 Å². The summed E-state index contributed by atoms with van der Waals surface area (Å²) in [4.78, 5) is 0. The molecule has 0 bridgehead atoms. The molecule has 0 heterocycles. The van der Waals surface area contributed by atoms with Gasteiger partial charge in [-0.1, -0.05) is 224 Å². The van der Waals surface area contributed by atoms with E-state index < -0.39 is 16.1 Å². The van der Waals surface area contributed by atoms with Crippen LogP contribution in [0, 0.1) is 0 Å². The standard InChI is InChI=1S/C52H40Si2/c1-7-19-41(20-8-1)53(42-21-9-2-10-22-42,43-23-11-3-12-24-43)49-37-33-39-32-36-48-50(38-34-40-31-35-47(49)51(39)52(40)48)54(44-25-13-4-14-26-44,45-27-15-5-16-28-45)46-29-17-6-18-30-46/h1-35,37-38,49H,36H2. The van der Waals surface area contributed by atoms with Gasteiger partial charge >= 0.3 is 0 Å². The van der Waals surface area contributed by atoms with E-state index in [0.29, 0.717) is 0 Å². The molecule has 2 aliphatic carbocycles. The van der Waals surface area contributed by atoms with Gasteiger partial charge < -0.3 is 0 Å². The quantitative estimate of drug-likeness (QED) is 0.113. The smallest absolute Gasteiger partial charge is 0.0781 e. The first-order chi connectivity index (χ1) is 26.8. The molecule has 0 amide bonds. The molecule has 8 aromatic carbocycles. The molecule has 0 aliphatic heterocycles. The Bertz CT molecular complexity index is 2460. The summed E-state index contributed by atoms with van der Waals surface area (Å²) in [5, 5.41) is 12.8. The molecule has 0 N–H and O–H groups in total. The number of hydrogen-bond acceptors (Lipinski definition) is 0. The van der Waals surface area contributed by atoms with Crippen molar-refractivity contribution >= 4 is 68.8 Å². The van der Waals surface area contributed by atoms with Crippen molar-refractivity contribution in [3.05, 3.63) is 241 Å². The van der Waals surface area contributed by atoms with Crippen LogP contribution in [0.4, 0.5) is 0 Å². The highest BCUT2D eigenvalue weighted by Gasteiger charge is 2.49. The lowest BCUT2D eigenvalue weighted by molar-refractivity contribution is 1.13. The normalized spacial score (nSPS) is 14.8. The topological polar surface area (TPSA) is 0 Å². The monoisotopic (exact) mass is 720 g/mol. The van der Waals surface area contributed by atoms with Crippen LogP contribution in [-0.4, -0.2) is 16.1 Å². The van der Waals surface area contributed by atoms with Gasteiger partial charge in [0.25, 0.3) is 0 Å². The first-order valence-corrected chi connectivity index (χ1v) is 23.2. The van der Waals surface area contributed by atoms with E-state index in [2.05, 4.69) is 224 Å². The van der Waals surface area contributed by atoms with Gasteiger partial charge in [0, 0.05) is 5.54 Å². The van der Waals surface area contributed by atoms with Crippen molar-refractivity contribution in [2.45, 2.75) is 12.0 Å². The Morgan fingerprint density at radius 1 is 0.407 bits per heavy atom. The highest BCUT2D eigenvalue weighted by Crippen LogP contribution is 2.45. The highest BCUT2D eigenvalue weighted by atomic mass is 28.3. The Morgan fingerprint density at radius 2 is 0.815 bits per heavy atom. The molecule has 0 nitrogen and oxygen atoms in total. The zero-order valence-corrected chi connectivity index (χ0v) is 32.1. The fraction of sp³-hybridized carbons (Fsp3) is 0.0385. The van der Waals surface area contributed by atoms with Gasteiger partial charge in [0.05, 0.1) is 0 Å². The predicted octanol–water partition coefficient (Wildman–Crippen LogP) is 7.52. The lowest BCUT2D eigenvalue weighted by Crippen LogP contribution is -2.75. The fourth-order valence-corrected chi connectivity index (χ4v) is 20.3. The van der Waals surface area contributed by atoms with Gasteiger partial charge in [0.1, 0.15) is 0 Å². The molecule has 256 valence electrons. The number of hydrogen-bond donors (Lipinski definition) is 0. The summed E-state index contributed by atoms with van der Waals surface area (Å²) in [7, 11) is -5.45. The molecular formula is C52H40Si2. The summed E-state index contributed by atoms with van der Waals surface area (Å²) in [5.41, 5.74) is 5.91.